The van der Waals surface area contributed by atoms with Gasteiger partial charge in [0.15, 0.2) is 0 Å². The highest BCUT2D eigenvalue weighted by Crippen LogP contribution is 2.30. The van der Waals surface area contributed by atoms with Crippen LogP contribution in [0.25, 0.3) is 0 Å². The molecule has 1 fully saturated rings. The molecular formula is C15H20N2O. The number of rotatable bonds is 1. The normalized spacial score (nSPS) is 20.5. The molecule has 0 saturated heterocycles. The Morgan fingerprint density at radius 1 is 1.22 bits per heavy atom. The van der Waals surface area contributed by atoms with Crippen molar-refractivity contribution in [2.75, 3.05) is 5.32 Å². The van der Waals surface area contributed by atoms with E-state index in [0.29, 0.717) is 6.04 Å². The van der Waals surface area contributed by atoms with Gasteiger partial charge in [-0.25, -0.2) is 4.79 Å². The predicted molar refractivity (Wildman–Crippen MR) is 72.6 cm³/mol. The zero-order chi connectivity index (χ0) is 12.5. The Morgan fingerprint density at radius 2 is 2.00 bits per heavy atom. The molecule has 3 nitrogen and oxygen atoms in total. The van der Waals surface area contributed by atoms with E-state index in [4.69, 9.17) is 0 Å². The fraction of sp³-hybridized carbons (Fsp3) is 0.533. The summed E-state index contributed by atoms with van der Waals surface area (Å²) >= 11 is 0. The van der Waals surface area contributed by atoms with Crippen molar-refractivity contribution >= 4 is 11.7 Å². The smallest absolute Gasteiger partial charge is 0.317 e. The lowest BCUT2D eigenvalue weighted by Crippen LogP contribution is -2.46. The van der Waals surface area contributed by atoms with E-state index in [2.05, 4.69) is 24.4 Å². The second kappa shape index (κ2) is 4.63. The SMILES string of the molecule is Cc1ccc2c(c1)CN(C1CCCCC1)C(=O)N2. The van der Waals surface area contributed by atoms with Crippen LogP contribution in [0.2, 0.25) is 0 Å². The highest BCUT2D eigenvalue weighted by Gasteiger charge is 2.29. The van der Waals surface area contributed by atoms with Crippen LogP contribution in [-0.2, 0) is 6.54 Å². The van der Waals surface area contributed by atoms with Crippen LogP contribution in [0.4, 0.5) is 10.5 Å². The van der Waals surface area contributed by atoms with Gasteiger partial charge in [0.05, 0.1) is 0 Å². The number of nitrogens with zero attached hydrogens (tertiary/aromatic N) is 1. The molecule has 1 heterocycles. The van der Waals surface area contributed by atoms with E-state index < -0.39 is 0 Å². The fourth-order valence-corrected chi connectivity index (χ4v) is 3.11. The summed E-state index contributed by atoms with van der Waals surface area (Å²) in [6.07, 6.45) is 6.16. The van der Waals surface area contributed by atoms with Crippen molar-refractivity contribution in [1.29, 1.82) is 0 Å². The summed E-state index contributed by atoms with van der Waals surface area (Å²) in [4.78, 5) is 14.2. The molecular weight excluding hydrogens is 224 g/mol. The topological polar surface area (TPSA) is 32.3 Å². The second-order valence-electron chi connectivity index (χ2n) is 5.51. The first-order valence-corrected chi connectivity index (χ1v) is 6.91. The average molecular weight is 244 g/mol. The second-order valence-corrected chi connectivity index (χ2v) is 5.51. The van der Waals surface area contributed by atoms with E-state index in [-0.39, 0.29) is 6.03 Å². The fourth-order valence-electron chi connectivity index (χ4n) is 3.11. The Bertz CT molecular complexity index is 464. The third-order valence-corrected chi connectivity index (χ3v) is 4.12. The standard InChI is InChI=1S/C15H20N2O/c1-11-7-8-14-12(9-11)10-17(15(18)16-14)13-5-3-2-4-6-13/h7-9,13H,2-6,10H2,1H3,(H,16,18). The Morgan fingerprint density at radius 3 is 2.78 bits per heavy atom. The van der Waals surface area contributed by atoms with Gasteiger partial charge in [-0.1, -0.05) is 37.0 Å². The molecule has 96 valence electrons. The molecule has 1 N–H and O–H groups in total. The van der Waals surface area contributed by atoms with Gasteiger partial charge < -0.3 is 10.2 Å². The number of aryl methyl sites for hydroxylation is 1. The summed E-state index contributed by atoms with van der Waals surface area (Å²) < 4.78 is 0. The molecule has 0 radical (unpaired) electrons. The molecule has 0 aromatic heterocycles. The van der Waals surface area contributed by atoms with E-state index in [9.17, 15) is 4.79 Å². The van der Waals surface area contributed by atoms with Crippen LogP contribution in [0.1, 0.15) is 43.2 Å². The molecule has 0 unspecified atom stereocenters. The van der Waals surface area contributed by atoms with Crippen molar-refractivity contribution in [3.05, 3.63) is 29.3 Å². The minimum atomic E-state index is 0.0817. The predicted octanol–water partition coefficient (Wildman–Crippen LogP) is 3.68. The summed E-state index contributed by atoms with van der Waals surface area (Å²) in [7, 11) is 0. The molecule has 1 aliphatic carbocycles. The first kappa shape index (κ1) is 11.6. The Hall–Kier alpha value is -1.51. The van der Waals surface area contributed by atoms with Crippen molar-refractivity contribution in [2.45, 2.75) is 51.6 Å². The molecule has 18 heavy (non-hydrogen) atoms. The minimum absolute atomic E-state index is 0.0817. The quantitative estimate of drug-likeness (QED) is 0.803. The monoisotopic (exact) mass is 244 g/mol. The molecule has 0 atom stereocenters. The van der Waals surface area contributed by atoms with Gasteiger partial charge in [-0.15, -0.1) is 0 Å². The number of benzene rings is 1. The molecule has 2 aliphatic rings. The maximum atomic E-state index is 12.2. The van der Waals surface area contributed by atoms with Crippen LogP contribution in [0.3, 0.4) is 0 Å². The van der Waals surface area contributed by atoms with Crippen LogP contribution in [0.5, 0.6) is 0 Å². The van der Waals surface area contributed by atoms with Crippen molar-refractivity contribution in [3.63, 3.8) is 0 Å². The van der Waals surface area contributed by atoms with Crippen LogP contribution in [0.15, 0.2) is 18.2 Å². The number of fused-ring (bicyclic) bond motifs is 1. The van der Waals surface area contributed by atoms with E-state index in [1.165, 1.54) is 30.4 Å². The van der Waals surface area contributed by atoms with Gasteiger partial charge in [-0.2, -0.15) is 0 Å². The van der Waals surface area contributed by atoms with Crippen molar-refractivity contribution in [1.82, 2.24) is 4.90 Å². The number of amides is 2. The van der Waals surface area contributed by atoms with Gasteiger partial charge in [-0.05, 0) is 31.4 Å². The van der Waals surface area contributed by atoms with Crippen LogP contribution in [0, 0.1) is 6.92 Å². The lowest BCUT2D eigenvalue weighted by atomic mass is 9.93. The highest BCUT2D eigenvalue weighted by molar-refractivity contribution is 5.92. The van der Waals surface area contributed by atoms with E-state index in [1.807, 2.05) is 11.0 Å². The lowest BCUT2D eigenvalue weighted by Gasteiger charge is -2.37. The molecule has 0 bridgehead atoms. The number of anilines is 1. The summed E-state index contributed by atoms with van der Waals surface area (Å²) in [6.45, 7) is 2.87. The zero-order valence-corrected chi connectivity index (χ0v) is 10.9. The third-order valence-electron chi connectivity index (χ3n) is 4.12. The molecule has 3 heteroatoms. The number of hydrogen-bond donors (Lipinski definition) is 1. The molecule has 3 rings (SSSR count). The number of urea groups is 1. The molecule has 1 aromatic carbocycles. The molecule has 2 amide bonds. The number of hydrogen-bond acceptors (Lipinski definition) is 1. The Kier molecular flexibility index (Phi) is 2.98. The lowest BCUT2D eigenvalue weighted by molar-refractivity contribution is 0.160. The molecule has 1 saturated carbocycles. The zero-order valence-electron chi connectivity index (χ0n) is 10.9. The van der Waals surface area contributed by atoms with E-state index in [0.717, 1.165) is 25.1 Å². The van der Waals surface area contributed by atoms with Crippen molar-refractivity contribution in [3.8, 4) is 0 Å². The maximum absolute atomic E-state index is 12.2. The first-order valence-electron chi connectivity index (χ1n) is 6.91. The van der Waals surface area contributed by atoms with Gasteiger partial charge in [0.2, 0.25) is 0 Å². The van der Waals surface area contributed by atoms with Gasteiger partial charge in [0, 0.05) is 18.3 Å². The van der Waals surface area contributed by atoms with E-state index >= 15 is 0 Å². The van der Waals surface area contributed by atoms with Gasteiger partial charge in [-0.3, -0.25) is 0 Å². The van der Waals surface area contributed by atoms with Crippen LogP contribution >= 0.6 is 0 Å². The van der Waals surface area contributed by atoms with Crippen LogP contribution < -0.4 is 5.32 Å². The van der Waals surface area contributed by atoms with Gasteiger partial charge in [0.25, 0.3) is 0 Å². The third kappa shape index (κ3) is 2.09. The summed E-state index contributed by atoms with van der Waals surface area (Å²) in [5.41, 5.74) is 3.49. The number of carbonyl (C=O) groups excluding carboxylic acids is 1. The Balaban J connectivity index is 1.83. The van der Waals surface area contributed by atoms with Gasteiger partial charge >= 0.3 is 6.03 Å². The minimum Gasteiger partial charge on any atom is -0.317 e. The largest absolute Gasteiger partial charge is 0.322 e. The Labute approximate surface area is 108 Å². The number of nitrogens with one attached hydrogen (secondary N) is 1. The van der Waals surface area contributed by atoms with Crippen molar-refractivity contribution in [2.24, 2.45) is 0 Å². The molecule has 0 spiro atoms. The van der Waals surface area contributed by atoms with Crippen molar-refractivity contribution < 1.29 is 4.79 Å². The van der Waals surface area contributed by atoms with E-state index in [1.54, 1.807) is 0 Å². The first-order chi connectivity index (χ1) is 8.74. The molecule has 1 aliphatic heterocycles. The summed E-state index contributed by atoms with van der Waals surface area (Å²) in [6, 6.07) is 6.77. The number of carbonyl (C=O) groups is 1. The van der Waals surface area contributed by atoms with Crippen LogP contribution in [-0.4, -0.2) is 17.0 Å². The average Bonchev–Trinajstić information content (AvgIpc) is 2.39. The van der Waals surface area contributed by atoms with Gasteiger partial charge in [0.1, 0.15) is 0 Å². The maximum Gasteiger partial charge on any atom is 0.322 e. The summed E-state index contributed by atoms with van der Waals surface area (Å²) in [5, 5.41) is 3.02. The molecule has 1 aromatic rings. The summed E-state index contributed by atoms with van der Waals surface area (Å²) in [5.74, 6) is 0. The highest BCUT2D eigenvalue weighted by atomic mass is 16.2.